The monoisotopic (exact) mass is 280 g/mol. The Morgan fingerprint density at radius 2 is 2.12 bits per heavy atom. The number of hydrogen-bond acceptors (Lipinski definition) is 5. The highest BCUT2D eigenvalue weighted by Crippen LogP contribution is 2.57. The van der Waals surface area contributed by atoms with Crippen molar-refractivity contribution >= 4 is 23.8 Å². The first-order chi connectivity index (χ1) is 7.82. The van der Waals surface area contributed by atoms with Crippen LogP contribution in [0.1, 0.15) is 20.8 Å². The average Bonchev–Trinajstić information content (AvgIpc) is 2.14. The van der Waals surface area contributed by atoms with Crippen molar-refractivity contribution in [3.05, 3.63) is 0 Å². The van der Waals surface area contributed by atoms with Crippen molar-refractivity contribution in [1.29, 1.82) is 0 Å². The number of rotatable bonds is 4. The molecule has 1 fully saturated rings. The zero-order valence-electron chi connectivity index (χ0n) is 10.8. The van der Waals surface area contributed by atoms with Crippen molar-refractivity contribution in [2.75, 3.05) is 25.6 Å². The lowest BCUT2D eigenvalue weighted by molar-refractivity contribution is -0.148. The molecule has 0 aromatic heterocycles. The van der Waals surface area contributed by atoms with Crippen molar-refractivity contribution in [2.45, 2.75) is 32.9 Å². The summed E-state index contributed by atoms with van der Waals surface area (Å²) in [5.41, 5.74) is 0. The first-order valence-electron chi connectivity index (χ1n) is 5.73. The lowest BCUT2D eigenvalue weighted by Gasteiger charge is -2.31. The third-order valence-electron chi connectivity index (χ3n) is 2.30. The fourth-order valence-electron chi connectivity index (χ4n) is 1.53. The molecule has 1 aliphatic heterocycles. The summed E-state index contributed by atoms with van der Waals surface area (Å²) in [4.78, 5) is 13.6. The molecule has 1 saturated heterocycles. The topological polar surface area (TPSA) is 58.6 Å². The number of hydrogen-bond donors (Lipinski definition) is 1. The third-order valence-corrected chi connectivity index (χ3v) is 7.18. The van der Waals surface area contributed by atoms with Gasteiger partial charge in [-0.3, -0.25) is 14.3 Å². The molecule has 1 heterocycles. The molecule has 0 spiro atoms. The fourth-order valence-corrected chi connectivity index (χ4v) is 6.60. The Bertz CT molecular complexity index is 325. The summed E-state index contributed by atoms with van der Waals surface area (Å²) in [6, 6.07) is -0.526. The molecule has 100 valence electrons. The molecule has 1 rings (SSSR count). The van der Waals surface area contributed by atoms with E-state index in [2.05, 4.69) is 5.09 Å². The zero-order valence-corrected chi connectivity index (χ0v) is 12.5. The molecule has 5 nitrogen and oxygen atoms in total. The van der Waals surface area contributed by atoms with Gasteiger partial charge < -0.3 is 4.74 Å². The summed E-state index contributed by atoms with van der Waals surface area (Å²) in [5.74, 6) is 0.483. The van der Waals surface area contributed by atoms with Crippen molar-refractivity contribution in [2.24, 2.45) is 0 Å². The van der Waals surface area contributed by atoms with Gasteiger partial charge in [-0.15, -0.1) is 0 Å². The number of carbonyl (C=O) groups excluding carboxylic acids is 1. The summed E-state index contributed by atoms with van der Waals surface area (Å²) < 4.78 is 17.5. The van der Waals surface area contributed by atoms with E-state index in [0.29, 0.717) is 6.29 Å². The maximum Gasteiger partial charge on any atom is 0.323 e. The molecular formula is C10H21N2O3PS. The minimum atomic E-state index is -2.53. The number of nitrogens with zero attached hydrogens (tertiary/aromatic N) is 1. The van der Waals surface area contributed by atoms with Crippen LogP contribution in [0.2, 0.25) is 0 Å². The second-order valence-corrected chi connectivity index (χ2v) is 9.66. The largest absolute Gasteiger partial charge is 0.462 e. The molecule has 1 N–H and O–H groups in total. The van der Waals surface area contributed by atoms with Crippen molar-refractivity contribution in [1.82, 2.24) is 9.99 Å². The van der Waals surface area contributed by atoms with Gasteiger partial charge >= 0.3 is 5.97 Å². The molecule has 0 unspecified atom stereocenters. The van der Waals surface area contributed by atoms with E-state index in [1.165, 1.54) is 11.4 Å². The third kappa shape index (κ3) is 5.00. The van der Waals surface area contributed by atoms with Gasteiger partial charge in [-0.1, -0.05) is 11.4 Å². The molecule has 1 aliphatic rings. The highest BCUT2D eigenvalue weighted by atomic mass is 32.7. The number of nitrogens with one attached hydrogen (secondary N) is 1. The van der Waals surface area contributed by atoms with Crippen LogP contribution in [0.4, 0.5) is 0 Å². The Hall–Kier alpha value is -0.0300. The van der Waals surface area contributed by atoms with E-state index >= 15 is 0 Å². The maximum absolute atomic E-state index is 12.4. The highest BCUT2D eigenvalue weighted by Gasteiger charge is 2.32. The number of carbonyl (C=O) groups is 1. The van der Waals surface area contributed by atoms with Gasteiger partial charge in [0.05, 0.1) is 12.4 Å². The molecule has 7 heteroatoms. The van der Waals surface area contributed by atoms with Crippen LogP contribution < -0.4 is 5.09 Å². The van der Waals surface area contributed by atoms with Gasteiger partial charge in [-0.2, -0.15) is 0 Å². The summed E-state index contributed by atoms with van der Waals surface area (Å²) in [6.45, 7) is 3.70. The van der Waals surface area contributed by atoms with Gasteiger partial charge in [0.1, 0.15) is 6.04 Å². The van der Waals surface area contributed by atoms with Crippen LogP contribution in [0.5, 0.6) is 0 Å². The van der Waals surface area contributed by atoms with Crippen LogP contribution in [-0.2, 0) is 14.1 Å². The van der Waals surface area contributed by atoms with Gasteiger partial charge in [-0.05, 0) is 27.8 Å². The smallest absolute Gasteiger partial charge is 0.323 e. The molecule has 0 aromatic rings. The van der Waals surface area contributed by atoms with Gasteiger partial charge in [0, 0.05) is 12.3 Å². The number of esters is 1. The van der Waals surface area contributed by atoms with Crippen LogP contribution >= 0.6 is 17.9 Å². The van der Waals surface area contributed by atoms with E-state index in [9.17, 15) is 9.36 Å². The zero-order chi connectivity index (χ0) is 13.1. The molecule has 0 aromatic carbocycles. The predicted octanol–water partition coefficient (Wildman–Crippen LogP) is 1.75. The molecule has 0 saturated carbocycles. The van der Waals surface area contributed by atoms with Crippen LogP contribution in [0.3, 0.4) is 0 Å². The minimum Gasteiger partial charge on any atom is -0.462 e. The normalized spacial score (nSPS) is 28.1. The number of ether oxygens (including phenoxy) is 1. The standard InChI is InChI=1S/C10H21N2O3PS/c1-8(2)15-10(13)9(3)11-16(14)7-12(4)5-6-17-16/h8-9H,5-7H2,1-4H3,(H,11,14)/t9-,16+/m0/s1. The van der Waals surface area contributed by atoms with E-state index in [4.69, 9.17) is 4.74 Å². The Balaban J connectivity index is 2.52. The Kier molecular flexibility index (Phi) is 5.51. The molecule has 0 aliphatic carbocycles. The van der Waals surface area contributed by atoms with Crippen LogP contribution in [0, 0.1) is 0 Å². The van der Waals surface area contributed by atoms with E-state index in [-0.39, 0.29) is 12.1 Å². The lowest BCUT2D eigenvalue weighted by Crippen LogP contribution is -2.38. The predicted molar refractivity (Wildman–Crippen MR) is 71.4 cm³/mol. The molecule has 17 heavy (non-hydrogen) atoms. The Labute approximate surface area is 107 Å². The van der Waals surface area contributed by atoms with E-state index in [1.54, 1.807) is 20.8 Å². The van der Waals surface area contributed by atoms with Crippen LogP contribution in [-0.4, -0.2) is 48.6 Å². The van der Waals surface area contributed by atoms with Gasteiger partial charge in [0.25, 0.3) is 0 Å². The molecule has 0 bridgehead atoms. The Morgan fingerprint density at radius 1 is 1.47 bits per heavy atom. The molecular weight excluding hydrogens is 259 g/mol. The van der Waals surface area contributed by atoms with E-state index in [0.717, 1.165) is 12.3 Å². The lowest BCUT2D eigenvalue weighted by atomic mass is 10.4. The van der Waals surface area contributed by atoms with Gasteiger partial charge in [-0.25, -0.2) is 5.09 Å². The average molecular weight is 280 g/mol. The van der Waals surface area contributed by atoms with E-state index < -0.39 is 12.5 Å². The highest BCUT2D eigenvalue weighted by molar-refractivity contribution is 8.57. The van der Waals surface area contributed by atoms with Crippen molar-refractivity contribution in [3.63, 3.8) is 0 Å². The van der Waals surface area contributed by atoms with Crippen LogP contribution in [0.15, 0.2) is 0 Å². The van der Waals surface area contributed by atoms with Crippen LogP contribution in [0.25, 0.3) is 0 Å². The van der Waals surface area contributed by atoms with Gasteiger partial charge in [0.15, 0.2) is 0 Å². The molecule has 2 atom stereocenters. The Morgan fingerprint density at radius 3 is 2.65 bits per heavy atom. The van der Waals surface area contributed by atoms with E-state index in [1.807, 2.05) is 11.9 Å². The SMILES string of the molecule is CC(C)OC(=O)[C@H](C)N[P@@]1(=O)CN(C)CCS1. The molecule has 0 amide bonds. The summed E-state index contributed by atoms with van der Waals surface area (Å²) in [6.07, 6.45) is 0.353. The quantitative estimate of drug-likeness (QED) is 0.625. The fraction of sp³-hybridized carbons (Fsp3) is 0.900. The first-order valence-corrected chi connectivity index (χ1v) is 9.21. The summed E-state index contributed by atoms with van der Waals surface area (Å²) >= 11 is 1.43. The molecule has 0 radical (unpaired) electrons. The van der Waals surface area contributed by atoms with Gasteiger partial charge in [0.2, 0.25) is 6.49 Å². The second-order valence-electron chi connectivity index (χ2n) is 4.56. The first kappa shape index (κ1) is 15.0. The second kappa shape index (κ2) is 6.23. The maximum atomic E-state index is 12.4. The van der Waals surface area contributed by atoms with Crippen molar-refractivity contribution in [3.8, 4) is 0 Å². The summed E-state index contributed by atoms with van der Waals surface area (Å²) in [7, 11) is 1.94. The minimum absolute atomic E-state index is 0.144. The van der Waals surface area contributed by atoms with Crippen molar-refractivity contribution < 1.29 is 14.1 Å². The summed E-state index contributed by atoms with van der Waals surface area (Å²) in [5, 5.41) is 2.93.